The van der Waals surface area contributed by atoms with E-state index in [0.29, 0.717) is 38.8 Å². The number of carboxylic acid groups (broad SMARTS) is 1. The summed E-state index contributed by atoms with van der Waals surface area (Å²) in [4.78, 5) is 67.9. The zero-order chi connectivity index (χ0) is 37.7. The smallest absolute Gasteiger partial charge is 0.323 e. The van der Waals surface area contributed by atoms with Crippen LogP contribution in [-0.4, -0.2) is 96.0 Å². The van der Waals surface area contributed by atoms with Gasteiger partial charge in [-0.05, 0) is 75.0 Å². The van der Waals surface area contributed by atoms with E-state index in [-0.39, 0.29) is 62.0 Å². The Kier molecular flexibility index (Phi) is 14.7. The Labute approximate surface area is 307 Å². The number of nitrogens with one attached hydrogen (secondary N) is 4. The van der Waals surface area contributed by atoms with Crippen molar-refractivity contribution < 1.29 is 29.1 Å². The number of nitrogens with zero attached hydrogens (tertiary/aromatic N) is 1. The maximum atomic E-state index is 13.9. The molecule has 1 saturated carbocycles. The number of hydrogen-bond acceptors (Lipinski definition) is 8. The molecule has 0 spiro atoms. The third-order valence-electron chi connectivity index (χ3n) is 10.2. The van der Waals surface area contributed by atoms with Crippen LogP contribution in [0.1, 0.15) is 76.3 Å². The van der Waals surface area contributed by atoms with Gasteiger partial charge in [-0.25, -0.2) is 0 Å². The summed E-state index contributed by atoms with van der Waals surface area (Å²) in [6.07, 6.45) is 4.37. The van der Waals surface area contributed by atoms with Crippen molar-refractivity contribution in [2.24, 2.45) is 17.4 Å². The Balaban J connectivity index is 1.42. The van der Waals surface area contributed by atoms with Gasteiger partial charge in [0.05, 0.1) is 6.54 Å². The summed E-state index contributed by atoms with van der Waals surface area (Å²) in [5, 5.41) is 21.5. The molecule has 284 valence electrons. The Hall–Kier alpha value is -4.33. The third-order valence-corrected chi connectivity index (χ3v) is 10.2. The van der Waals surface area contributed by atoms with Gasteiger partial charge in [0.1, 0.15) is 23.7 Å². The van der Waals surface area contributed by atoms with Crippen LogP contribution in [0.25, 0.3) is 0 Å². The molecule has 3 atom stereocenters. The van der Waals surface area contributed by atoms with E-state index in [1.807, 2.05) is 62.4 Å². The first kappa shape index (κ1) is 40.4. The first-order valence-electron chi connectivity index (χ1n) is 18.6. The lowest BCUT2D eigenvalue weighted by Gasteiger charge is -2.38. The summed E-state index contributed by atoms with van der Waals surface area (Å²) < 4.78 is 0. The molecule has 1 aliphatic heterocycles. The highest BCUT2D eigenvalue weighted by Crippen LogP contribution is 2.47. The Morgan fingerprint density at radius 3 is 1.98 bits per heavy atom. The SMILES string of the molecule is CC(C)CC(NC(=O)[C@@H](Cc1ccccc1)NC(=O)CNCC1(c2ccccc2)CC1)C(=O)N[C@H](CCCCN)C(=O)N1CCC(N)(C(=O)O)CC1. The fraction of sp³-hybridized carbons (Fsp3) is 0.564. The number of rotatable bonds is 20. The van der Waals surface area contributed by atoms with Crippen LogP contribution in [0.5, 0.6) is 0 Å². The molecule has 13 heteroatoms. The number of benzene rings is 2. The molecule has 1 heterocycles. The highest BCUT2D eigenvalue weighted by Gasteiger charge is 2.44. The molecule has 0 aromatic heterocycles. The number of carbonyl (C=O) groups is 5. The summed E-state index contributed by atoms with van der Waals surface area (Å²) >= 11 is 0. The van der Waals surface area contributed by atoms with Crippen LogP contribution < -0.4 is 32.7 Å². The van der Waals surface area contributed by atoms with Crippen molar-refractivity contribution in [3.63, 3.8) is 0 Å². The van der Waals surface area contributed by atoms with Crippen molar-refractivity contribution in [2.45, 2.75) is 101 Å². The third kappa shape index (κ3) is 11.6. The lowest BCUT2D eigenvalue weighted by Crippen LogP contribution is -2.60. The van der Waals surface area contributed by atoms with Gasteiger partial charge in [-0.15, -0.1) is 0 Å². The summed E-state index contributed by atoms with van der Waals surface area (Å²) in [7, 11) is 0. The lowest BCUT2D eigenvalue weighted by molar-refractivity contribution is -0.148. The first-order chi connectivity index (χ1) is 24.9. The molecular formula is C39H57N7O6. The van der Waals surface area contributed by atoms with E-state index >= 15 is 0 Å². The number of unbranched alkanes of at least 4 members (excludes halogenated alkanes) is 1. The minimum absolute atomic E-state index is 0.0176. The predicted molar refractivity (Wildman–Crippen MR) is 199 cm³/mol. The van der Waals surface area contributed by atoms with Gasteiger partial charge in [-0.2, -0.15) is 0 Å². The average Bonchev–Trinajstić information content (AvgIpc) is 3.92. The van der Waals surface area contributed by atoms with Crippen LogP contribution in [0.3, 0.4) is 0 Å². The first-order valence-corrected chi connectivity index (χ1v) is 18.6. The normalized spacial score (nSPS) is 17.8. The standard InChI is InChI=1S/C39H57N7O6/c1-27(2)23-31(34(48)44-30(15-9-10-20-40)36(50)46-21-18-39(41,19-22-46)37(51)52)45-35(49)32(24-28-11-5-3-6-12-28)43-33(47)25-42-26-38(16-17-38)29-13-7-4-8-14-29/h3-8,11-14,27,30-32,42H,9-10,15-26,40-41H2,1-2H3,(H,43,47)(H,44,48)(H,45,49)(H,51,52)/t30-,31?,32-/m1/s1. The van der Waals surface area contributed by atoms with Crippen LogP contribution in [0.15, 0.2) is 60.7 Å². The number of hydrogen-bond donors (Lipinski definition) is 7. The number of likely N-dealkylation sites (tertiary alicyclic amines) is 1. The van der Waals surface area contributed by atoms with E-state index in [4.69, 9.17) is 11.5 Å². The number of piperidine rings is 1. The van der Waals surface area contributed by atoms with Gasteiger partial charge in [0.2, 0.25) is 23.6 Å². The quantitative estimate of drug-likeness (QED) is 0.0990. The highest BCUT2D eigenvalue weighted by molar-refractivity contribution is 5.94. The molecule has 1 aliphatic carbocycles. The maximum absolute atomic E-state index is 13.9. The van der Waals surface area contributed by atoms with Gasteiger partial charge in [0.25, 0.3) is 0 Å². The Morgan fingerprint density at radius 2 is 1.40 bits per heavy atom. The van der Waals surface area contributed by atoms with Crippen molar-refractivity contribution in [1.29, 1.82) is 0 Å². The van der Waals surface area contributed by atoms with E-state index in [1.54, 1.807) is 4.90 Å². The second kappa shape index (κ2) is 19.0. The summed E-state index contributed by atoms with van der Waals surface area (Å²) in [6.45, 7) is 5.28. The molecule has 2 aliphatic rings. The molecule has 4 amide bonds. The van der Waals surface area contributed by atoms with E-state index < -0.39 is 41.4 Å². The van der Waals surface area contributed by atoms with Crippen LogP contribution in [0.2, 0.25) is 0 Å². The molecule has 1 unspecified atom stereocenters. The largest absolute Gasteiger partial charge is 0.480 e. The number of amides is 4. The molecular weight excluding hydrogens is 662 g/mol. The molecule has 4 rings (SSSR count). The van der Waals surface area contributed by atoms with Crippen molar-refractivity contribution >= 4 is 29.6 Å². The minimum atomic E-state index is -1.40. The maximum Gasteiger partial charge on any atom is 0.323 e. The van der Waals surface area contributed by atoms with E-state index in [1.165, 1.54) is 5.56 Å². The lowest BCUT2D eigenvalue weighted by atomic mass is 9.88. The fourth-order valence-corrected chi connectivity index (χ4v) is 6.79. The average molecular weight is 720 g/mol. The van der Waals surface area contributed by atoms with E-state index in [2.05, 4.69) is 33.4 Å². The molecule has 13 nitrogen and oxygen atoms in total. The van der Waals surface area contributed by atoms with Gasteiger partial charge < -0.3 is 42.7 Å². The van der Waals surface area contributed by atoms with Gasteiger partial charge >= 0.3 is 5.97 Å². The molecule has 0 radical (unpaired) electrons. The zero-order valence-corrected chi connectivity index (χ0v) is 30.6. The zero-order valence-electron chi connectivity index (χ0n) is 30.6. The fourth-order valence-electron chi connectivity index (χ4n) is 6.79. The topological polar surface area (TPSA) is 209 Å². The van der Waals surface area contributed by atoms with Crippen molar-refractivity contribution in [1.82, 2.24) is 26.2 Å². The molecule has 9 N–H and O–H groups in total. The Morgan fingerprint density at radius 1 is 0.808 bits per heavy atom. The molecule has 2 aromatic carbocycles. The van der Waals surface area contributed by atoms with Crippen molar-refractivity contribution in [3.05, 3.63) is 71.8 Å². The minimum Gasteiger partial charge on any atom is -0.480 e. The number of carbonyl (C=O) groups excluding carboxylic acids is 4. The van der Waals surface area contributed by atoms with E-state index in [9.17, 15) is 29.1 Å². The Bertz CT molecular complexity index is 1490. The number of nitrogens with two attached hydrogens (primary N) is 2. The van der Waals surface area contributed by atoms with Crippen LogP contribution in [-0.2, 0) is 35.8 Å². The second-order valence-electron chi connectivity index (χ2n) is 14.9. The van der Waals surface area contributed by atoms with Crippen LogP contribution in [0, 0.1) is 5.92 Å². The van der Waals surface area contributed by atoms with Crippen LogP contribution >= 0.6 is 0 Å². The number of aliphatic carboxylic acids is 1. The summed E-state index contributed by atoms with van der Waals surface area (Å²) in [6, 6.07) is 16.8. The van der Waals surface area contributed by atoms with Gasteiger partial charge in [-0.3, -0.25) is 24.0 Å². The molecule has 2 aromatic rings. The number of carboxylic acids is 1. The predicted octanol–water partition coefficient (Wildman–Crippen LogP) is 1.58. The van der Waals surface area contributed by atoms with Gasteiger partial charge in [-0.1, -0.05) is 74.5 Å². The van der Waals surface area contributed by atoms with Gasteiger partial charge in [0.15, 0.2) is 0 Å². The summed E-state index contributed by atoms with van der Waals surface area (Å²) in [5.41, 5.74) is 12.4. The molecule has 0 bridgehead atoms. The van der Waals surface area contributed by atoms with Crippen molar-refractivity contribution in [3.8, 4) is 0 Å². The van der Waals surface area contributed by atoms with Crippen LogP contribution in [0.4, 0.5) is 0 Å². The van der Waals surface area contributed by atoms with Gasteiger partial charge in [0, 0.05) is 31.5 Å². The van der Waals surface area contributed by atoms with E-state index in [0.717, 1.165) is 18.4 Å². The highest BCUT2D eigenvalue weighted by atomic mass is 16.4. The second-order valence-corrected chi connectivity index (χ2v) is 14.9. The molecule has 2 fully saturated rings. The molecule has 52 heavy (non-hydrogen) atoms. The summed E-state index contributed by atoms with van der Waals surface area (Å²) in [5.74, 6) is -2.76. The van der Waals surface area contributed by atoms with Crippen molar-refractivity contribution in [2.75, 3.05) is 32.7 Å². The molecule has 1 saturated heterocycles. The monoisotopic (exact) mass is 719 g/mol.